The average Bonchev–Trinajstić information content (AvgIpc) is 3.76. The molecule has 10 rings (SSSR count). The lowest BCUT2D eigenvalue weighted by Gasteiger charge is -2.13. The van der Waals surface area contributed by atoms with E-state index < -0.39 is 0 Å². The van der Waals surface area contributed by atoms with Crippen LogP contribution >= 0.6 is 11.3 Å². The van der Waals surface area contributed by atoms with Gasteiger partial charge in [0.2, 0.25) is 0 Å². The van der Waals surface area contributed by atoms with Crippen LogP contribution < -0.4 is 0 Å². The summed E-state index contributed by atoms with van der Waals surface area (Å²) in [6.07, 6.45) is 0. The van der Waals surface area contributed by atoms with Crippen LogP contribution in [0.2, 0.25) is 0 Å². The van der Waals surface area contributed by atoms with Crippen LogP contribution in [0.4, 0.5) is 0 Å². The van der Waals surface area contributed by atoms with E-state index in [1.165, 1.54) is 64.7 Å². The second-order valence-corrected chi connectivity index (χ2v) is 12.6. The molecule has 10 aromatic rings. The lowest BCUT2D eigenvalue weighted by Crippen LogP contribution is -2.00. The van der Waals surface area contributed by atoms with Gasteiger partial charge < -0.3 is 4.57 Å². The summed E-state index contributed by atoms with van der Waals surface area (Å²) in [4.78, 5) is 6.39. The number of fused-ring (bicyclic) bond motifs is 10. The first-order valence-electron chi connectivity index (χ1n) is 15.2. The van der Waals surface area contributed by atoms with E-state index in [0.717, 1.165) is 21.9 Å². The number of hydrogen-bond acceptors (Lipinski definition) is 2. The molecule has 6 aromatic carbocycles. The van der Waals surface area contributed by atoms with Gasteiger partial charge in [-0.1, -0.05) is 109 Å². The molecule has 0 N–H and O–H groups in total. The molecular weight excluding hydrogens is 567 g/mol. The van der Waals surface area contributed by atoms with Crippen LogP contribution in [0.15, 0.2) is 152 Å². The summed E-state index contributed by atoms with van der Waals surface area (Å²) < 4.78 is 6.08. The van der Waals surface area contributed by atoms with E-state index in [-0.39, 0.29) is 0 Å². The lowest BCUT2D eigenvalue weighted by atomic mass is 10.1. The van der Waals surface area contributed by atoms with Crippen molar-refractivity contribution in [2.45, 2.75) is 0 Å². The molecule has 0 bridgehead atoms. The summed E-state index contributed by atoms with van der Waals surface area (Å²) in [6, 6.07) is 54.7. The van der Waals surface area contributed by atoms with Crippen LogP contribution in [0.25, 0.3) is 86.5 Å². The van der Waals surface area contributed by atoms with Gasteiger partial charge in [-0.15, -0.1) is 11.3 Å². The Morgan fingerprint density at radius 2 is 0.956 bits per heavy atom. The zero-order chi connectivity index (χ0) is 29.5. The van der Waals surface area contributed by atoms with Crippen molar-refractivity contribution < 1.29 is 0 Å². The fourth-order valence-electron chi connectivity index (χ4n) is 7.16. The molecule has 0 radical (unpaired) electrons. The second-order valence-electron chi connectivity index (χ2n) is 11.6. The van der Waals surface area contributed by atoms with Gasteiger partial charge in [0.1, 0.15) is 10.6 Å². The van der Waals surface area contributed by atoms with Crippen LogP contribution in [0, 0.1) is 0 Å². The van der Waals surface area contributed by atoms with E-state index in [4.69, 9.17) is 4.98 Å². The number of benzene rings is 6. The number of para-hydroxylation sites is 2. The fraction of sp³-hybridized carbons (Fsp3) is 0. The molecule has 0 aliphatic heterocycles. The fourth-order valence-corrected chi connectivity index (χ4v) is 8.23. The van der Waals surface area contributed by atoms with Gasteiger partial charge in [0, 0.05) is 42.7 Å². The molecule has 0 atom stereocenters. The molecule has 0 aliphatic rings. The van der Waals surface area contributed by atoms with Crippen molar-refractivity contribution >= 4 is 75.3 Å². The average molecular weight is 592 g/mol. The van der Waals surface area contributed by atoms with Crippen molar-refractivity contribution in [1.82, 2.24) is 14.1 Å². The predicted octanol–water partition coefficient (Wildman–Crippen LogP) is 11.3. The van der Waals surface area contributed by atoms with Gasteiger partial charge in [-0.25, -0.2) is 4.98 Å². The molecule has 0 saturated carbocycles. The molecule has 0 unspecified atom stereocenters. The Hall–Kier alpha value is -5.71. The van der Waals surface area contributed by atoms with E-state index in [1.54, 1.807) is 11.3 Å². The van der Waals surface area contributed by atoms with Gasteiger partial charge in [0.05, 0.1) is 22.1 Å². The highest BCUT2D eigenvalue weighted by Crippen LogP contribution is 2.42. The minimum atomic E-state index is 0.934. The van der Waals surface area contributed by atoms with Gasteiger partial charge in [0.25, 0.3) is 0 Å². The highest BCUT2D eigenvalue weighted by atomic mass is 32.1. The second kappa shape index (κ2) is 9.39. The minimum absolute atomic E-state index is 0.934. The van der Waals surface area contributed by atoms with Crippen LogP contribution in [-0.4, -0.2) is 14.1 Å². The summed E-state index contributed by atoms with van der Waals surface area (Å²) in [5.41, 5.74) is 8.27. The molecule has 210 valence electrons. The molecule has 0 aliphatic carbocycles. The van der Waals surface area contributed by atoms with E-state index in [9.17, 15) is 0 Å². The summed E-state index contributed by atoms with van der Waals surface area (Å²) in [6.45, 7) is 0. The molecule has 45 heavy (non-hydrogen) atoms. The Kier molecular flexibility index (Phi) is 5.16. The molecule has 4 heteroatoms. The van der Waals surface area contributed by atoms with E-state index in [2.05, 4.69) is 161 Å². The summed E-state index contributed by atoms with van der Waals surface area (Å²) >= 11 is 1.76. The number of nitrogens with zero attached hydrogens (tertiary/aromatic N) is 3. The van der Waals surface area contributed by atoms with E-state index in [1.807, 2.05) is 0 Å². The number of hydrogen-bond donors (Lipinski definition) is 0. The SMILES string of the molecule is c1ccc(-c2ccc(-n3c4ccccc4c4ccc5c6ccccc6n(-c6ccc7c(n6)sc6ccccc67)c5c43)cc2)cc1. The van der Waals surface area contributed by atoms with Crippen LogP contribution in [0.3, 0.4) is 0 Å². The van der Waals surface area contributed by atoms with E-state index >= 15 is 0 Å². The van der Waals surface area contributed by atoms with Gasteiger partial charge in [0.15, 0.2) is 0 Å². The van der Waals surface area contributed by atoms with Crippen molar-refractivity contribution in [2.75, 3.05) is 0 Å². The molecule has 0 amide bonds. The Bertz CT molecular complexity index is 2750. The zero-order valence-corrected chi connectivity index (χ0v) is 25.0. The smallest absolute Gasteiger partial charge is 0.139 e. The van der Waals surface area contributed by atoms with Crippen molar-refractivity contribution in [2.24, 2.45) is 0 Å². The maximum absolute atomic E-state index is 5.34. The predicted molar refractivity (Wildman–Crippen MR) is 191 cm³/mol. The highest BCUT2D eigenvalue weighted by molar-refractivity contribution is 7.25. The number of thiophene rings is 1. The minimum Gasteiger partial charge on any atom is -0.307 e. The third-order valence-corrected chi connectivity index (χ3v) is 10.2. The molecule has 4 heterocycles. The van der Waals surface area contributed by atoms with Crippen LogP contribution in [0.1, 0.15) is 0 Å². The van der Waals surface area contributed by atoms with E-state index in [0.29, 0.717) is 0 Å². The number of aromatic nitrogens is 3. The van der Waals surface area contributed by atoms with Crippen molar-refractivity contribution in [3.8, 4) is 22.6 Å². The summed E-state index contributed by atoms with van der Waals surface area (Å²) in [5.74, 6) is 0.934. The van der Waals surface area contributed by atoms with Gasteiger partial charge in [-0.05, 0) is 53.6 Å². The Morgan fingerprint density at radius 3 is 1.69 bits per heavy atom. The van der Waals surface area contributed by atoms with Gasteiger partial charge in [-0.2, -0.15) is 0 Å². The third-order valence-electron chi connectivity index (χ3n) is 9.16. The third kappa shape index (κ3) is 3.54. The Labute approximate surface area is 262 Å². The first kappa shape index (κ1) is 24.7. The molecule has 0 saturated heterocycles. The number of rotatable bonds is 3. The van der Waals surface area contributed by atoms with Crippen LogP contribution in [-0.2, 0) is 0 Å². The zero-order valence-electron chi connectivity index (χ0n) is 24.2. The molecule has 0 fully saturated rings. The molecule has 3 nitrogen and oxygen atoms in total. The lowest BCUT2D eigenvalue weighted by molar-refractivity contribution is 1.10. The summed E-state index contributed by atoms with van der Waals surface area (Å²) in [7, 11) is 0. The van der Waals surface area contributed by atoms with Crippen LogP contribution in [0.5, 0.6) is 0 Å². The Morgan fingerprint density at radius 1 is 0.400 bits per heavy atom. The summed E-state index contributed by atoms with van der Waals surface area (Å²) in [5, 5.41) is 7.40. The molecular formula is C41H25N3S. The molecule has 4 aromatic heterocycles. The topological polar surface area (TPSA) is 22.8 Å². The van der Waals surface area contributed by atoms with Gasteiger partial charge >= 0.3 is 0 Å². The monoisotopic (exact) mass is 591 g/mol. The van der Waals surface area contributed by atoms with Crippen molar-refractivity contribution in [3.63, 3.8) is 0 Å². The number of pyridine rings is 1. The standard InChI is InChI=1S/C41H25N3S/c1-2-10-26(11-3-1)27-18-20-28(21-19-27)43-35-15-7-4-12-29(35)32-22-23-33-30-13-5-8-16-36(30)44(40(33)39(32)43)38-25-24-34-31-14-6-9-17-37(31)45-41(34)42-38/h1-25H. The normalized spacial score (nSPS) is 12.0. The van der Waals surface area contributed by atoms with Crippen molar-refractivity contribution in [3.05, 3.63) is 152 Å². The maximum Gasteiger partial charge on any atom is 0.139 e. The highest BCUT2D eigenvalue weighted by Gasteiger charge is 2.22. The first-order valence-corrected chi connectivity index (χ1v) is 16.0. The quantitative estimate of drug-likeness (QED) is 0.200. The maximum atomic E-state index is 5.34. The largest absolute Gasteiger partial charge is 0.307 e. The first-order chi connectivity index (χ1) is 22.3. The van der Waals surface area contributed by atoms with Crippen molar-refractivity contribution in [1.29, 1.82) is 0 Å². The molecule has 0 spiro atoms. The Balaban J connectivity index is 1.32. The van der Waals surface area contributed by atoms with Gasteiger partial charge in [-0.3, -0.25) is 4.57 Å².